The fourth-order valence-corrected chi connectivity index (χ4v) is 3.91. The van der Waals surface area contributed by atoms with Crippen LogP contribution in [-0.4, -0.2) is 36.2 Å². The fraction of sp³-hybridized carbons (Fsp3) is 0.909. The van der Waals surface area contributed by atoms with Crippen molar-refractivity contribution >= 4 is 30.1 Å². The molecule has 0 radical (unpaired) electrons. The summed E-state index contributed by atoms with van der Waals surface area (Å²) in [6, 6.07) is 1.50. The number of methoxy groups -OCH3 is 1. The number of thioether (sulfide) groups is 1. The molecule has 2 heterocycles. The Hall–Kier alpha value is 0.0700. The highest BCUT2D eigenvalue weighted by atomic mass is 35.5. The average molecular weight is 266 g/mol. The van der Waals surface area contributed by atoms with Crippen molar-refractivity contribution in [2.24, 2.45) is 0 Å². The van der Waals surface area contributed by atoms with E-state index in [0.29, 0.717) is 6.42 Å². The van der Waals surface area contributed by atoms with E-state index in [0.717, 1.165) is 23.1 Å². The number of carbonyl (C=O) groups is 1. The summed E-state index contributed by atoms with van der Waals surface area (Å²) in [6.07, 6.45) is 5.81. The minimum absolute atomic E-state index is 0. The summed E-state index contributed by atoms with van der Waals surface area (Å²) < 4.78 is 4.63. The van der Waals surface area contributed by atoms with E-state index in [1.807, 2.05) is 11.8 Å². The molecule has 0 saturated carbocycles. The number of piperidine rings is 1. The van der Waals surface area contributed by atoms with Gasteiger partial charge in [-0.15, -0.1) is 12.4 Å². The number of rotatable bonds is 4. The number of esters is 1. The summed E-state index contributed by atoms with van der Waals surface area (Å²) in [5.41, 5.74) is 0. The van der Waals surface area contributed by atoms with Crippen LogP contribution in [0.25, 0.3) is 0 Å². The van der Waals surface area contributed by atoms with Crippen LogP contribution in [-0.2, 0) is 9.53 Å². The van der Waals surface area contributed by atoms with Gasteiger partial charge in [0.15, 0.2) is 0 Å². The lowest BCUT2D eigenvalue weighted by Crippen LogP contribution is -2.39. The molecule has 0 spiro atoms. The summed E-state index contributed by atoms with van der Waals surface area (Å²) in [5, 5.41) is 4.38. The van der Waals surface area contributed by atoms with E-state index in [1.165, 1.54) is 32.8 Å². The van der Waals surface area contributed by atoms with Crippen LogP contribution < -0.4 is 5.32 Å². The maximum absolute atomic E-state index is 10.9. The number of hydrogen-bond donors (Lipinski definition) is 1. The van der Waals surface area contributed by atoms with Crippen molar-refractivity contribution in [3.05, 3.63) is 0 Å². The van der Waals surface area contributed by atoms with Gasteiger partial charge >= 0.3 is 5.97 Å². The zero-order chi connectivity index (χ0) is 10.7. The normalized spacial score (nSPS) is 31.9. The van der Waals surface area contributed by atoms with E-state index in [4.69, 9.17) is 0 Å². The van der Waals surface area contributed by atoms with Gasteiger partial charge in [-0.3, -0.25) is 4.79 Å². The van der Waals surface area contributed by atoms with Gasteiger partial charge < -0.3 is 10.1 Å². The van der Waals surface area contributed by atoms with Gasteiger partial charge in [0.2, 0.25) is 0 Å². The van der Waals surface area contributed by atoms with Crippen molar-refractivity contribution < 1.29 is 9.53 Å². The highest BCUT2D eigenvalue weighted by molar-refractivity contribution is 7.99. The SMILES string of the molecule is COC(=O)CCSC1CC2CCC(C1)N2.Cl. The third kappa shape index (κ3) is 3.82. The molecule has 2 atom stereocenters. The Morgan fingerprint density at radius 1 is 1.38 bits per heavy atom. The maximum atomic E-state index is 10.9. The van der Waals surface area contributed by atoms with Gasteiger partial charge in [0, 0.05) is 23.1 Å². The zero-order valence-corrected chi connectivity index (χ0v) is 11.2. The average Bonchev–Trinajstić information content (AvgIpc) is 2.58. The van der Waals surface area contributed by atoms with Crippen LogP contribution in [0.3, 0.4) is 0 Å². The topological polar surface area (TPSA) is 38.3 Å². The second-order valence-corrected chi connectivity index (χ2v) is 5.84. The third-order valence-corrected chi connectivity index (χ3v) is 4.61. The molecule has 0 amide bonds. The Kier molecular flexibility index (Phi) is 5.94. The van der Waals surface area contributed by atoms with Gasteiger partial charge in [-0.25, -0.2) is 0 Å². The lowest BCUT2D eigenvalue weighted by molar-refractivity contribution is -0.140. The Labute approximate surface area is 107 Å². The molecule has 94 valence electrons. The number of nitrogens with one attached hydrogen (secondary N) is 1. The van der Waals surface area contributed by atoms with Crippen LogP contribution in [0.4, 0.5) is 0 Å². The molecule has 2 bridgehead atoms. The molecule has 2 aliphatic rings. The van der Waals surface area contributed by atoms with Crippen LogP contribution in [0.2, 0.25) is 0 Å². The Bertz CT molecular complexity index is 228. The zero-order valence-electron chi connectivity index (χ0n) is 9.61. The summed E-state index contributed by atoms with van der Waals surface area (Å²) in [4.78, 5) is 10.9. The molecule has 0 aliphatic carbocycles. The maximum Gasteiger partial charge on any atom is 0.306 e. The van der Waals surface area contributed by atoms with Crippen molar-refractivity contribution in [1.29, 1.82) is 0 Å². The van der Waals surface area contributed by atoms with Crippen molar-refractivity contribution in [3.63, 3.8) is 0 Å². The predicted octanol–water partition coefficient (Wildman–Crippen LogP) is 1.99. The summed E-state index contributed by atoms with van der Waals surface area (Å²) in [6.45, 7) is 0. The molecular weight excluding hydrogens is 246 g/mol. The van der Waals surface area contributed by atoms with Crippen LogP contribution in [0, 0.1) is 0 Å². The largest absolute Gasteiger partial charge is 0.469 e. The van der Waals surface area contributed by atoms with Crippen LogP contribution >= 0.6 is 24.2 Å². The second kappa shape index (κ2) is 6.72. The predicted molar refractivity (Wildman–Crippen MR) is 69.3 cm³/mol. The Balaban J connectivity index is 0.00000128. The van der Waals surface area contributed by atoms with Crippen molar-refractivity contribution in [2.75, 3.05) is 12.9 Å². The van der Waals surface area contributed by atoms with Crippen molar-refractivity contribution in [3.8, 4) is 0 Å². The lowest BCUT2D eigenvalue weighted by Gasteiger charge is -2.28. The monoisotopic (exact) mass is 265 g/mol. The van der Waals surface area contributed by atoms with E-state index in [9.17, 15) is 4.79 Å². The Morgan fingerprint density at radius 3 is 2.56 bits per heavy atom. The molecule has 2 saturated heterocycles. The molecule has 1 N–H and O–H groups in total. The molecule has 0 aromatic heterocycles. The van der Waals surface area contributed by atoms with Crippen molar-refractivity contribution in [1.82, 2.24) is 5.32 Å². The van der Waals surface area contributed by atoms with Gasteiger partial charge in [0.1, 0.15) is 0 Å². The summed E-state index contributed by atoms with van der Waals surface area (Å²) in [5.74, 6) is 0.830. The molecule has 2 unspecified atom stereocenters. The van der Waals surface area contributed by atoms with E-state index in [2.05, 4.69) is 10.1 Å². The first-order valence-electron chi connectivity index (χ1n) is 5.72. The number of halogens is 1. The summed E-state index contributed by atoms with van der Waals surface area (Å²) in [7, 11) is 1.46. The molecule has 3 nitrogen and oxygen atoms in total. The first-order chi connectivity index (χ1) is 7.28. The van der Waals surface area contributed by atoms with Gasteiger partial charge in [0.25, 0.3) is 0 Å². The third-order valence-electron chi connectivity index (χ3n) is 3.32. The van der Waals surface area contributed by atoms with E-state index >= 15 is 0 Å². The molecular formula is C11H20ClNO2S. The first-order valence-corrected chi connectivity index (χ1v) is 6.77. The van der Waals surface area contributed by atoms with Gasteiger partial charge in [0.05, 0.1) is 13.5 Å². The smallest absolute Gasteiger partial charge is 0.306 e. The molecule has 0 aromatic rings. The fourth-order valence-electron chi connectivity index (χ4n) is 2.55. The van der Waals surface area contributed by atoms with E-state index < -0.39 is 0 Å². The molecule has 16 heavy (non-hydrogen) atoms. The minimum Gasteiger partial charge on any atom is -0.469 e. The van der Waals surface area contributed by atoms with E-state index in [1.54, 1.807) is 0 Å². The number of hydrogen-bond acceptors (Lipinski definition) is 4. The number of fused-ring (bicyclic) bond motifs is 2. The highest BCUT2D eigenvalue weighted by Gasteiger charge is 2.33. The van der Waals surface area contributed by atoms with Gasteiger partial charge in [-0.05, 0) is 25.7 Å². The van der Waals surface area contributed by atoms with Crippen LogP contribution in [0.1, 0.15) is 32.1 Å². The molecule has 2 fully saturated rings. The standard InChI is InChI=1S/C11H19NO2S.ClH/c1-14-11(13)4-5-15-10-6-8-2-3-9(7-10)12-8;/h8-10,12H,2-7H2,1H3;1H. The molecule has 0 aromatic carbocycles. The van der Waals surface area contributed by atoms with Crippen LogP contribution in [0.5, 0.6) is 0 Å². The first kappa shape index (κ1) is 14.1. The van der Waals surface area contributed by atoms with Crippen molar-refractivity contribution in [2.45, 2.75) is 49.4 Å². The highest BCUT2D eigenvalue weighted by Crippen LogP contribution is 2.33. The minimum atomic E-state index is -0.0839. The molecule has 2 rings (SSSR count). The number of carbonyl (C=O) groups excluding carboxylic acids is 1. The summed E-state index contributed by atoms with van der Waals surface area (Å²) >= 11 is 1.95. The van der Waals surface area contributed by atoms with E-state index in [-0.39, 0.29) is 18.4 Å². The quantitative estimate of drug-likeness (QED) is 0.789. The van der Waals surface area contributed by atoms with Crippen LogP contribution in [0.15, 0.2) is 0 Å². The Morgan fingerprint density at radius 2 is 2.00 bits per heavy atom. The number of ether oxygens (including phenoxy) is 1. The second-order valence-electron chi connectivity index (χ2n) is 4.43. The van der Waals surface area contributed by atoms with Gasteiger partial charge in [-0.1, -0.05) is 0 Å². The molecule has 2 aliphatic heterocycles. The molecule has 5 heteroatoms. The van der Waals surface area contributed by atoms with Gasteiger partial charge in [-0.2, -0.15) is 11.8 Å². The lowest BCUT2D eigenvalue weighted by atomic mass is 10.1.